The van der Waals surface area contributed by atoms with Crippen LogP contribution in [0.1, 0.15) is 23.4 Å². The number of benzene rings is 1. The fourth-order valence-corrected chi connectivity index (χ4v) is 3.59. The maximum absolute atomic E-state index is 12.5. The Bertz CT molecular complexity index is 795. The highest BCUT2D eigenvalue weighted by Crippen LogP contribution is 2.43. The molecule has 0 radical (unpaired) electrons. The zero-order valence-electron chi connectivity index (χ0n) is 13.1. The van der Waals surface area contributed by atoms with Gasteiger partial charge in [-0.25, -0.2) is 0 Å². The summed E-state index contributed by atoms with van der Waals surface area (Å²) in [6, 6.07) is 10.4. The lowest BCUT2D eigenvalue weighted by molar-refractivity contribution is -0.120. The van der Waals surface area contributed by atoms with Crippen molar-refractivity contribution in [2.75, 3.05) is 10.6 Å². The van der Waals surface area contributed by atoms with Gasteiger partial charge in [-0.3, -0.25) is 9.59 Å². The molecule has 1 aromatic carbocycles. The van der Waals surface area contributed by atoms with E-state index in [0.29, 0.717) is 23.2 Å². The Hall–Kier alpha value is -2.82. The number of hydrogen-bond donors (Lipinski definition) is 2. The highest BCUT2D eigenvalue weighted by Gasteiger charge is 2.39. The molecule has 2 amide bonds. The minimum atomic E-state index is -0.318. The minimum absolute atomic E-state index is 0.0568. The van der Waals surface area contributed by atoms with E-state index in [0.717, 1.165) is 12.8 Å². The van der Waals surface area contributed by atoms with Crippen LogP contribution >= 0.6 is 0 Å². The summed E-state index contributed by atoms with van der Waals surface area (Å²) in [5.41, 5.74) is 1.30. The second-order valence-electron chi connectivity index (χ2n) is 6.39. The molecule has 2 N–H and O–H groups in total. The summed E-state index contributed by atoms with van der Waals surface area (Å²) in [5, 5.41) is 5.73. The third kappa shape index (κ3) is 2.85. The Labute approximate surface area is 139 Å². The Balaban J connectivity index is 1.42. The zero-order chi connectivity index (χ0) is 16.5. The van der Waals surface area contributed by atoms with Crippen molar-refractivity contribution in [3.8, 4) is 0 Å². The quantitative estimate of drug-likeness (QED) is 0.843. The van der Waals surface area contributed by atoms with Gasteiger partial charge in [0.2, 0.25) is 5.91 Å². The average Bonchev–Trinajstić information content (AvgIpc) is 3.32. The number of nitrogens with one attached hydrogen (secondary N) is 2. The summed E-state index contributed by atoms with van der Waals surface area (Å²) < 4.78 is 5.07. The van der Waals surface area contributed by atoms with Crippen LogP contribution in [0.15, 0.2) is 59.2 Å². The van der Waals surface area contributed by atoms with E-state index in [4.69, 9.17) is 4.42 Å². The molecule has 122 valence electrons. The van der Waals surface area contributed by atoms with E-state index < -0.39 is 0 Å². The molecule has 24 heavy (non-hydrogen) atoms. The number of anilines is 2. The minimum Gasteiger partial charge on any atom is -0.459 e. The van der Waals surface area contributed by atoms with Crippen molar-refractivity contribution < 1.29 is 14.0 Å². The second-order valence-corrected chi connectivity index (χ2v) is 6.39. The predicted octanol–water partition coefficient (Wildman–Crippen LogP) is 3.68. The fourth-order valence-electron chi connectivity index (χ4n) is 3.59. The number of carbonyl (C=O) groups excluding carboxylic acids is 2. The first-order chi connectivity index (χ1) is 11.7. The topological polar surface area (TPSA) is 71.3 Å². The molecule has 3 atom stereocenters. The van der Waals surface area contributed by atoms with Crippen LogP contribution in [-0.2, 0) is 4.79 Å². The molecule has 5 heteroatoms. The van der Waals surface area contributed by atoms with E-state index in [-0.39, 0.29) is 23.5 Å². The van der Waals surface area contributed by atoms with Crippen LogP contribution in [0, 0.1) is 17.8 Å². The van der Waals surface area contributed by atoms with Gasteiger partial charge in [0, 0.05) is 17.3 Å². The van der Waals surface area contributed by atoms with Crippen molar-refractivity contribution in [1.82, 2.24) is 0 Å². The Morgan fingerprint density at radius 3 is 2.50 bits per heavy atom. The van der Waals surface area contributed by atoms with E-state index in [9.17, 15) is 9.59 Å². The van der Waals surface area contributed by atoms with Gasteiger partial charge < -0.3 is 15.1 Å². The maximum atomic E-state index is 12.5. The van der Waals surface area contributed by atoms with Crippen molar-refractivity contribution in [3.63, 3.8) is 0 Å². The SMILES string of the molecule is O=C(Nc1cccc(NC(=O)C2CC3C=CC2C3)c1)c1ccco1. The zero-order valence-corrected chi connectivity index (χ0v) is 13.1. The lowest BCUT2D eigenvalue weighted by Crippen LogP contribution is -2.25. The van der Waals surface area contributed by atoms with Gasteiger partial charge in [-0.2, -0.15) is 0 Å². The molecular weight excluding hydrogens is 304 g/mol. The molecule has 1 saturated carbocycles. The Morgan fingerprint density at radius 2 is 1.83 bits per heavy atom. The third-order valence-corrected chi connectivity index (χ3v) is 4.75. The lowest BCUT2D eigenvalue weighted by Gasteiger charge is -2.17. The fraction of sp³-hybridized carbons (Fsp3) is 0.263. The van der Waals surface area contributed by atoms with Crippen LogP contribution in [0.25, 0.3) is 0 Å². The van der Waals surface area contributed by atoms with Crippen molar-refractivity contribution in [1.29, 1.82) is 0 Å². The van der Waals surface area contributed by atoms with E-state index in [1.165, 1.54) is 6.26 Å². The van der Waals surface area contributed by atoms with Gasteiger partial charge in [0.05, 0.1) is 6.26 Å². The second kappa shape index (κ2) is 6.00. The molecule has 2 aliphatic carbocycles. The van der Waals surface area contributed by atoms with Gasteiger partial charge >= 0.3 is 0 Å². The number of rotatable bonds is 4. The first kappa shape index (κ1) is 14.8. The number of amides is 2. The van der Waals surface area contributed by atoms with Crippen molar-refractivity contribution in [2.45, 2.75) is 12.8 Å². The summed E-state index contributed by atoms with van der Waals surface area (Å²) in [6.45, 7) is 0. The highest BCUT2D eigenvalue weighted by molar-refractivity contribution is 6.02. The van der Waals surface area contributed by atoms with Crippen LogP contribution in [-0.4, -0.2) is 11.8 Å². The van der Waals surface area contributed by atoms with Crippen LogP contribution in [0.2, 0.25) is 0 Å². The van der Waals surface area contributed by atoms with Crippen molar-refractivity contribution >= 4 is 23.2 Å². The van der Waals surface area contributed by atoms with Gasteiger partial charge in [0.1, 0.15) is 0 Å². The highest BCUT2D eigenvalue weighted by atomic mass is 16.3. The molecule has 2 bridgehead atoms. The molecule has 1 heterocycles. The maximum Gasteiger partial charge on any atom is 0.291 e. The van der Waals surface area contributed by atoms with Crippen LogP contribution in [0.5, 0.6) is 0 Å². The summed E-state index contributed by atoms with van der Waals surface area (Å²) in [4.78, 5) is 24.5. The van der Waals surface area contributed by atoms with E-state index in [1.807, 2.05) is 6.07 Å². The summed E-state index contributed by atoms with van der Waals surface area (Å²) in [5.74, 6) is 0.976. The smallest absolute Gasteiger partial charge is 0.291 e. The molecule has 0 saturated heterocycles. The number of carbonyl (C=O) groups is 2. The standard InChI is InChI=1S/C19H18N2O3/c22-18(16-10-12-6-7-13(16)9-12)20-14-3-1-4-15(11-14)21-19(23)17-5-2-8-24-17/h1-8,11-13,16H,9-10H2,(H,20,22)(H,21,23). The molecule has 1 aromatic heterocycles. The lowest BCUT2D eigenvalue weighted by atomic mass is 9.93. The van der Waals surface area contributed by atoms with E-state index in [1.54, 1.807) is 30.3 Å². The summed E-state index contributed by atoms with van der Waals surface area (Å²) in [6.07, 6.45) is 7.87. The largest absolute Gasteiger partial charge is 0.459 e. The van der Waals surface area contributed by atoms with E-state index >= 15 is 0 Å². The van der Waals surface area contributed by atoms with Crippen LogP contribution in [0.4, 0.5) is 11.4 Å². The molecular formula is C19H18N2O3. The number of fused-ring (bicyclic) bond motifs is 2. The monoisotopic (exact) mass is 322 g/mol. The first-order valence-corrected chi connectivity index (χ1v) is 8.13. The molecule has 2 aromatic rings. The first-order valence-electron chi connectivity index (χ1n) is 8.13. The average molecular weight is 322 g/mol. The molecule has 1 fully saturated rings. The van der Waals surface area contributed by atoms with Gasteiger partial charge in [-0.05, 0) is 55.0 Å². The Kier molecular flexibility index (Phi) is 3.69. The normalized spacial score (nSPS) is 24.1. The predicted molar refractivity (Wildman–Crippen MR) is 90.6 cm³/mol. The van der Waals surface area contributed by atoms with Crippen molar-refractivity contribution in [3.05, 3.63) is 60.6 Å². The molecule has 4 rings (SSSR count). The molecule has 5 nitrogen and oxygen atoms in total. The summed E-state index contributed by atoms with van der Waals surface area (Å²) in [7, 11) is 0. The molecule has 3 unspecified atom stereocenters. The van der Waals surface area contributed by atoms with Gasteiger partial charge in [0.15, 0.2) is 5.76 Å². The third-order valence-electron chi connectivity index (χ3n) is 4.75. The Morgan fingerprint density at radius 1 is 1.00 bits per heavy atom. The van der Waals surface area contributed by atoms with E-state index in [2.05, 4.69) is 22.8 Å². The van der Waals surface area contributed by atoms with Gasteiger partial charge in [-0.15, -0.1) is 0 Å². The summed E-state index contributed by atoms with van der Waals surface area (Å²) >= 11 is 0. The van der Waals surface area contributed by atoms with Crippen molar-refractivity contribution in [2.24, 2.45) is 17.8 Å². The molecule has 0 spiro atoms. The van der Waals surface area contributed by atoms with Crippen LogP contribution in [0.3, 0.4) is 0 Å². The van der Waals surface area contributed by atoms with Crippen LogP contribution < -0.4 is 10.6 Å². The number of hydrogen-bond acceptors (Lipinski definition) is 3. The van der Waals surface area contributed by atoms with Gasteiger partial charge in [0.25, 0.3) is 5.91 Å². The number of furan rings is 1. The molecule has 0 aliphatic heterocycles. The molecule has 2 aliphatic rings. The van der Waals surface area contributed by atoms with Gasteiger partial charge in [-0.1, -0.05) is 18.2 Å². The number of allylic oxidation sites excluding steroid dienone is 2.